The third-order valence-corrected chi connectivity index (χ3v) is 4.34. The molecule has 0 aliphatic rings. The van der Waals surface area contributed by atoms with E-state index in [0.717, 1.165) is 18.4 Å². The fourth-order valence-electron chi connectivity index (χ4n) is 2.01. The van der Waals surface area contributed by atoms with Crippen LogP contribution in [0.15, 0.2) is 24.4 Å². The molecular formula is C16H21Cl2N5. The molecule has 23 heavy (non-hydrogen) atoms. The van der Waals surface area contributed by atoms with Crippen LogP contribution in [0.4, 0.5) is 17.5 Å². The molecule has 1 aromatic carbocycles. The van der Waals surface area contributed by atoms with Gasteiger partial charge in [-0.2, -0.15) is 4.98 Å². The van der Waals surface area contributed by atoms with E-state index in [1.165, 1.54) is 0 Å². The fourth-order valence-corrected chi connectivity index (χ4v) is 2.46. The summed E-state index contributed by atoms with van der Waals surface area (Å²) >= 11 is 12.0. The van der Waals surface area contributed by atoms with Crippen LogP contribution in [-0.2, 0) is 6.42 Å². The Bertz CT molecular complexity index is 676. The van der Waals surface area contributed by atoms with Crippen molar-refractivity contribution in [2.45, 2.75) is 25.8 Å². The molecule has 1 heterocycles. The van der Waals surface area contributed by atoms with Gasteiger partial charge in [0.05, 0.1) is 10.7 Å². The van der Waals surface area contributed by atoms with Crippen molar-refractivity contribution in [1.29, 1.82) is 0 Å². The molecule has 0 radical (unpaired) electrons. The van der Waals surface area contributed by atoms with Crippen molar-refractivity contribution >= 4 is 40.7 Å². The monoisotopic (exact) mass is 353 g/mol. The topological polar surface area (TPSA) is 67.1 Å². The minimum Gasteiger partial charge on any atom is -0.383 e. The maximum atomic E-state index is 6.13. The van der Waals surface area contributed by atoms with Crippen molar-refractivity contribution in [2.75, 3.05) is 25.1 Å². The Morgan fingerprint density at radius 3 is 2.65 bits per heavy atom. The van der Waals surface area contributed by atoms with E-state index < -0.39 is 0 Å². The summed E-state index contributed by atoms with van der Waals surface area (Å²) < 4.78 is 0. The lowest BCUT2D eigenvalue weighted by atomic mass is 10.1. The molecule has 3 N–H and O–H groups in total. The van der Waals surface area contributed by atoms with Gasteiger partial charge in [-0.3, -0.25) is 0 Å². The summed E-state index contributed by atoms with van der Waals surface area (Å²) in [5, 5.41) is 4.13. The first-order valence-electron chi connectivity index (χ1n) is 7.36. The van der Waals surface area contributed by atoms with Gasteiger partial charge in [-0.15, -0.1) is 0 Å². The third-order valence-electron chi connectivity index (χ3n) is 3.79. The van der Waals surface area contributed by atoms with Crippen molar-refractivity contribution < 1.29 is 0 Å². The summed E-state index contributed by atoms with van der Waals surface area (Å²) in [6, 6.07) is 5.65. The quantitative estimate of drug-likeness (QED) is 0.821. The van der Waals surface area contributed by atoms with Crippen LogP contribution >= 0.6 is 23.2 Å². The van der Waals surface area contributed by atoms with Crippen LogP contribution in [0.1, 0.15) is 18.9 Å². The average Bonchev–Trinajstić information content (AvgIpc) is 2.49. The molecule has 0 aliphatic heterocycles. The van der Waals surface area contributed by atoms with E-state index in [1.807, 2.05) is 0 Å². The van der Waals surface area contributed by atoms with Gasteiger partial charge in [0, 0.05) is 22.8 Å². The molecule has 124 valence electrons. The molecule has 0 aliphatic carbocycles. The predicted molar refractivity (Wildman–Crippen MR) is 97.7 cm³/mol. The van der Waals surface area contributed by atoms with Crippen LogP contribution < -0.4 is 11.1 Å². The number of aromatic nitrogens is 2. The lowest BCUT2D eigenvalue weighted by molar-refractivity contribution is 0.299. The van der Waals surface area contributed by atoms with Gasteiger partial charge in [0.25, 0.3) is 0 Å². The van der Waals surface area contributed by atoms with Gasteiger partial charge in [0.1, 0.15) is 5.82 Å². The number of nitrogens with one attached hydrogen (secondary N) is 1. The SMILES string of the molecule is CC(CCc1cnc(Nc2ccc(Cl)cc2Cl)nc1N)N(C)C. The van der Waals surface area contributed by atoms with Gasteiger partial charge < -0.3 is 16.0 Å². The normalized spacial score (nSPS) is 12.4. The van der Waals surface area contributed by atoms with E-state index >= 15 is 0 Å². The number of nitrogens with zero attached hydrogens (tertiary/aromatic N) is 3. The number of nitrogens with two attached hydrogens (primary N) is 1. The number of anilines is 3. The Hall–Kier alpha value is -1.56. The molecule has 0 fully saturated rings. The van der Waals surface area contributed by atoms with E-state index in [9.17, 15) is 0 Å². The number of hydrogen-bond donors (Lipinski definition) is 2. The molecule has 2 rings (SSSR count). The summed E-state index contributed by atoms with van der Waals surface area (Å²) in [4.78, 5) is 10.8. The molecule has 5 nitrogen and oxygen atoms in total. The van der Waals surface area contributed by atoms with Crippen molar-refractivity contribution in [1.82, 2.24) is 14.9 Å². The number of nitrogen functional groups attached to an aromatic ring is 1. The standard InChI is InChI=1S/C16H21Cl2N5/c1-10(23(2)3)4-5-11-9-20-16(22-15(11)19)21-14-7-6-12(17)8-13(14)18/h6-10H,4-5H2,1-3H3,(H3,19,20,21,22). The van der Waals surface area contributed by atoms with Gasteiger partial charge in [-0.1, -0.05) is 23.2 Å². The van der Waals surface area contributed by atoms with Crippen molar-refractivity contribution in [3.63, 3.8) is 0 Å². The summed E-state index contributed by atoms with van der Waals surface area (Å²) in [6.45, 7) is 2.18. The lowest BCUT2D eigenvalue weighted by Crippen LogP contribution is -2.25. The minimum absolute atomic E-state index is 0.413. The average molecular weight is 354 g/mol. The minimum atomic E-state index is 0.413. The van der Waals surface area contributed by atoms with Crippen molar-refractivity contribution in [3.8, 4) is 0 Å². The highest BCUT2D eigenvalue weighted by atomic mass is 35.5. The van der Waals surface area contributed by atoms with E-state index in [0.29, 0.717) is 33.5 Å². The number of benzene rings is 1. The first-order chi connectivity index (χ1) is 10.9. The van der Waals surface area contributed by atoms with Gasteiger partial charge in [0.15, 0.2) is 0 Å². The Balaban J connectivity index is 2.07. The molecule has 7 heteroatoms. The van der Waals surface area contributed by atoms with E-state index in [1.54, 1.807) is 24.4 Å². The lowest BCUT2D eigenvalue weighted by Gasteiger charge is -2.19. The van der Waals surface area contributed by atoms with E-state index in [-0.39, 0.29) is 0 Å². The Morgan fingerprint density at radius 2 is 2.04 bits per heavy atom. The first kappa shape index (κ1) is 17.8. The molecule has 1 atom stereocenters. The van der Waals surface area contributed by atoms with Gasteiger partial charge in [-0.05, 0) is 52.1 Å². The number of aryl methyl sites for hydroxylation is 1. The molecule has 1 unspecified atom stereocenters. The second-order valence-corrected chi connectivity index (χ2v) is 6.55. The fraction of sp³-hybridized carbons (Fsp3) is 0.375. The van der Waals surface area contributed by atoms with Crippen molar-refractivity contribution in [2.24, 2.45) is 0 Å². The number of hydrogen-bond acceptors (Lipinski definition) is 5. The van der Waals surface area contributed by atoms with Gasteiger partial charge in [0.2, 0.25) is 5.95 Å². The summed E-state index contributed by atoms with van der Waals surface area (Å²) in [5.74, 6) is 0.898. The van der Waals surface area contributed by atoms with Crippen LogP contribution in [-0.4, -0.2) is 35.0 Å². The zero-order chi connectivity index (χ0) is 17.0. The highest BCUT2D eigenvalue weighted by Crippen LogP contribution is 2.27. The number of rotatable bonds is 6. The largest absolute Gasteiger partial charge is 0.383 e. The van der Waals surface area contributed by atoms with Crippen LogP contribution in [0, 0.1) is 0 Å². The second kappa shape index (κ2) is 7.81. The summed E-state index contributed by atoms with van der Waals surface area (Å²) in [6.07, 6.45) is 3.60. The molecule has 1 aromatic heterocycles. The maximum Gasteiger partial charge on any atom is 0.229 e. The van der Waals surface area contributed by atoms with E-state index in [2.05, 4.69) is 41.2 Å². The second-order valence-electron chi connectivity index (χ2n) is 5.70. The number of halogens is 2. The van der Waals surface area contributed by atoms with Crippen LogP contribution in [0.5, 0.6) is 0 Å². The molecule has 2 aromatic rings. The van der Waals surface area contributed by atoms with Gasteiger partial charge >= 0.3 is 0 Å². The molecule has 0 amide bonds. The van der Waals surface area contributed by atoms with Crippen LogP contribution in [0.25, 0.3) is 0 Å². The molecule has 0 saturated carbocycles. The smallest absolute Gasteiger partial charge is 0.229 e. The third kappa shape index (κ3) is 4.96. The van der Waals surface area contributed by atoms with Crippen LogP contribution in [0.2, 0.25) is 10.0 Å². The van der Waals surface area contributed by atoms with Crippen LogP contribution in [0.3, 0.4) is 0 Å². The Labute approximate surface area is 146 Å². The summed E-state index contributed by atoms with van der Waals surface area (Å²) in [7, 11) is 4.13. The predicted octanol–water partition coefficient (Wildman–Crippen LogP) is 3.99. The van der Waals surface area contributed by atoms with Crippen molar-refractivity contribution in [3.05, 3.63) is 40.0 Å². The summed E-state index contributed by atoms with van der Waals surface area (Å²) in [5.41, 5.74) is 7.68. The molecule has 0 bridgehead atoms. The van der Waals surface area contributed by atoms with Gasteiger partial charge in [-0.25, -0.2) is 4.98 Å². The molecular weight excluding hydrogens is 333 g/mol. The van der Waals surface area contributed by atoms with E-state index in [4.69, 9.17) is 28.9 Å². The first-order valence-corrected chi connectivity index (χ1v) is 8.12. The molecule has 0 spiro atoms. The highest BCUT2D eigenvalue weighted by molar-refractivity contribution is 6.36. The maximum absolute atomic E-state index is 6.13. The Morgan fingerprint density at radius 1 is 1.30 bits per heavy atom. The Kier molecular flexibility index (Phi) is 6.04. The zero-order valence-corrected chi connectivity index (χ0v) is 15.0. The highest BCUT2D eigenvalue weighted by Gasteiger charge is 2.10. The zero-order valence-electron chi connectivity index (χ0n) is 13.5. The molecule has 0 saturated heterocycles.